The molecule has 1 fully saturated rings. The highest BCUT2D eigenvalue weighted by Crippen LogP contribution is 2.26. The first-order valence-electron chi connectivity index (χ1n) is 8.59. The number of fused-ring (bicyclic) bond motifs is 1. The van der Waals surface area contributed by atoms with Gasteiger partial charge >= 0.3 is 6.03 Å². The number of amides is 2. The number of imidazole rings is 1. The van der Waals surface area contributed by atoms with Crippen LogP contribution in [-0.2, 0) is 7.05 Å². The zero-order valence-electron chi connectivity index (χ0n) is 14.5. The van der Waals surface area contributed by atoms with E-state index in [1.807, 2.05) is 64.7 Å². The van der Waals surface area contributed by atoms with Crippen molar-refractivity contribution in [3.8, 4) is 0 Å². The van der Waals surface area contributed by atoms with Crippen molar-refractivity contribution in [3.05, 3.63) is 48.2 Å². The minimum atomic E-state index is -0.0618. The Kier molecular flexibility index (Phi) is 3.91. The molecule has 3 aromatic rings. The molecule has 0 saturated carbocycles. The van der Waals surface area contributed by atoms with Crippen LogP contribution >= 0.6 is 0 Å². The van der Waals surface area contributed by atoms with Crippen LogP contribution in [0.1, 0.15) is 30.1 Å². The summed E-state index contributed by atoms with van der Waals surface area (Å²) in [7, 11) is 1.92. The van der Waals surface area contributed by atoms with Gasteiger partial charge in [0.25, 0.3) is 0 Å². The third kappa shape index (κ3) is 3.22. The predicted octanol–water partition coefficient (Wildman–Crippen LogP) is 2.79. The topological polar surface area (TPSA) is 67.5 Å². The summed E-state index contributed by atoms with van der Waals surface area (Å²) < 4.78 is 3.76. The van der Waals surface area contributed by atoms with Gasteiger partial charge in [0.1, 0.15) is 5.65 Å². The summed E-state index contributed by atoms with van der Waals surface area (Å²) in [5.74, 6) is 0.304. The lowest BCUT2D eigenvalue weighted by Crippen LogP contribution is -2.41. The molecule has 0 aliphatic carbocycles. The van der Waals surface area contributed by atoms with Crippen LogP contribution in [-0.4, -0.2) is 43.2 Å². The number of aromatic nitrogens is 4. The number of carbonyl (C=O) groups excluding carboxylic acids is 1. The molecule has 0 radical (unpaired) electrons. The number of aryl methyl sites for hydroxylation is 2. The number of likely N-dealkylation sites (tertiary alicyclic amines) is 1. The number of hydrogen-bond donors (Lipinski definition) is 1. The molecule has 1 atom stereocenters. The highest BCUT2D eigenvalue weighted by molar-refractivity contribution is 5.90. The van der Waals surface area contributed by atoms with Crippen LogP contribution in [0.3, 0.4) is 0 Å². The van der Waals surface area contributed by atoms with Crippen molar-refractivity contribution in [2.24, 2.45) is 7.05 Å². The van der Waals surface area contributed by atoms with Crippen molar-refractivity contribution in [3.63, 3.8) is 0 Å². The summed E-state index contributed by atoms with van der Waals surface area (Å²) >= 11 is 0. The van der Waals surface area contributed by atoms with Crippen molar-refractivity contribution in [2.45, 2.75) is 25.7 Å². The number of nitrogens with zero attached hydrogens (tertiary/aromatic N) is 5. The number of nitrogens with one attached hydrogen (secondary N) is 1. The van der Waals surface area contributed by atoms with Crippen LogP contribution in [0.25, 0.3) is 5.65 Å². The molecule has 2 amide bonds. The number of hydrogen-bond acceptors (Lipinski definition) is 3. The van der Waals surface area contributed by atoms with Crippen LogP contribution in [0.5, 0.6) is 0 Å². The average Bonchev–Trinajstić information content (AvgIpc) is 3.19. The Morgan fingerprint density at radius 3 is 3.00 bits per heavy atom. The van der Waals surface area contributed by atoms with Crippen molar-refractivity contribution in [2.75, 3.05) is 18.4 Å². The van der Waals surface area contributed by atoms with E-state index in [0.717, 1.165) is 42.1 Å². The molecule has 1 aliphatic heterocycles. The number of anilines is 1. The summed E-state index contributed by atoms with van der Waals surface area (Å²) in [6.07, 6.45) is 7.89. The van der Waals surface area contributed by atoms with Crippen LogP contribution in [0.2, 0.25) is 0 Å². The molecule has 3 aromatic heterocycles. The minimum Gasteiger partial charge on any atom is -0.324 e. The van der Waals surface area contributed by atoms with Crippen molar-refractivity contribution in [1.29, 1.82) is 0 Å². The fourth-order valence-electron chi connectivity index (χ4n) is 3.44. The molecule has 25 heavy (non-hydrogen) atoms. The lowest BCUT2D eigenvalue weighted by molar-refractivity contribution is 0.192. The van der Waals surface area contributed by atoms with Crippen molar-refractivity contribution >= 4 is 17.4 Å². The van der Waals surface area contributed by atoms with E-state index in [0.29, 0.717) is 12.5 Å². The van der Waals surface area contributed by atoms with Crippen LogP contribution in [0.15, 0.2) is 36.8 Å². The maximum atomic E-state index is 12.7. The first kappa shape index (κ1) is 15.7. The van der Waals surface area contributed by atoms with Gasteiger partial charge in [-0.2, -0.15) is 5.10 Å². The Balaban J connectivity index is 1.45. The largest absolute Gasteiger partial charge is 0.324 e. The van der Waals surface area contributed by atoms with E-state index < -0.39 is 0 Å². The molecule has 1 unspecified atom stereocenters. The molecule has 1 saturated heterocycles. The van der Waals surface area contributed by atoms with Crippen LogP contribution in [0.4, 0.5) is 10.5 Å². The number of piperidine rings is 1. The van der Waals surface area contributed by atoms with E-state index in [1.54, 1.807) is 0 Å². The van der Waals surface area contributed by atoms with Gasteiger partial charge in [-0.05, 0) is 31.9 Å². The second kappa shape index (κ2) is 6.23. The van der Waals surface area contributed by atoms with Crippen molar-refractivity contribution in [1.82, 2.24) is 24.1 Å². The van der Waals surface area contributed by atoms with Gasteiger partial charge in [-0.3, -0.25) is 4.68 Å². The summed E-state index contributed by atoms with van der Waals surface area (Å²) in [4.78, 5) is 19.0. The average molecular weight is 338 g/mol. The Morgan fingerprint density at radius 2 is 2.20 bits per heavy atom. The second-order valence-electron chi connectivity index (χ2n) is 6.69. The standard InChI is InChI=1S/C18H22N6O/c1-13-11-23-9-5-15(10-17(23)19-13)20-18(25)24-7-3-4-14(12-24)16-6-8-22(2)21-16/h5-6,8-11,14H,3-4,7,12H2,1-2H3,(H,20,25). The lowest BCUT2D eigenvalue weighted by Gasteiger charge is -2.32. The van der Waals surface area contributed by atoms with Gasteiger partial charge < -0.3 is 14.6 Å². The van der Waals surface area contributed by atoms with E-state index in [2.05, 4.69) is 15.4 Å². The van der Waals surface area contributed by atoms with Gasteiger partial charge in [-0.1, -0.05) is 0 Å². The van der Waals surface area contributed by atoms with E-state index in [9.17, 15) is 4.79 Å². The summed E-state index contributed by atoms with van der Waals surface area (Å²) in [6, 6.07) is 5.77. The highest BCUT2D eigenvalue weighted by atomic mass is 16.2. The minimum absolute atomic E-state index is 0.0618. The zero-order valence-corrected chi connectivity index (χ0v) is 14.5. The lowest BCUT2D eigenvalue weighted by atomic mass is 9.95. The van der Waals surface area contributed by atoms with E-state index in [-0.39, 0.29) is 6.03 Å². The second-order valence-corrected chi connectivity index (χ2v) is 6.69. The van der Waals surface area contributed by atoms with Crippen LogP contribution < -0.4 is 5.32 Å². The summed E-state index contributed by atoms with van der Waals surface area (Å²) in [5.41, 5.74) is 3.62. The van der Waals surface area contributed by atoms with Gasteiger partial charge in [0.2, 0.25) is 0 Å². The SMILES string of the molecule is Cc1cn2ccc(NC(=O)N3CCCC(c4ccn(C)n4)C3)cc2n1. The maximum absolute atomic E-state index is 12.7. The van der Waals surface area contributed by atoms with Gasteiger partial charge in [0.15, 0.2) is 0 Å². The molecular formula is C18H22N6O. The molecular weight excluding hydrogens is 316 g/mol. The van der Waals surface area contributed by atoms with E-state index >= 15 is 0 Å². The molecule has 130 valence electrons. The van der Waals surface area contributed by atoms with E-state index in [4.69, 9.17) is 0 Å². The molecule has 7 nitrogen and oxygen atoms in total. The molecule has 1 N–H and O–H groups in total. The Morgan fingerprint density at radius 1 is 1.32 bits per heavy atom. The predicted molar refractivity (Wildman–Crippen MR) is 95.7 cm³/mol. The summed E-state index contributed by atoms with van der Waals surface area (Å²) in [6.45, 7) is 3.43. The Labute approximate surface area is 146 Å². The third-order valence-electron chi connectivity index (χ3n) is 4.69. The molecule has 0 aromatic carbocycles. The fourth-order valence-corrected chi connectivity index (χ4v) is 3.44. The number of rotatable bonds is 2. The van der Waals surface area contributed by atoms with Crippen molar-refractivity contribution < 1.29 is 4.79 Å². The first-order valence-corrected chi connectivity index (χ1v) is 8.59. The summed E-state index contributed by atoms with van der Waals surface area (Å²) in [5, 5.41) is 7.49. The third-order valence-corrected chi connectivity index (χ3v) is 4.69. The quantitative estimate of drug-likeness (QED) is 0.781. The monoisotopic (exact) mass is 338 g/mol. The van der Waals surface area contributed by atoms with Gasteiger partial charge in [-0.25, -0.2) is 9.78 Å². The normalized spacial score (nSPS) is 17.8. The van der Waals surface area contributed by atoms with Gasteiger partial charge in [-0.15, -0.1) is 0 Å². The zero-order chi connectivity index (χ0) is 17.4. The molecule has 0 spiro atoms. The van der Waals surface area contributed by atoms with Crippen LogP contribution in [0, 0.1) is 6.92 Å². The molecule has 4 heterocycles. The molecule has 7 heteroatoms. The smallest absolute Gasteiger partial charge is 0.321 e. The fraction of sp³-hybridized carbons (Fsp3) is 0.389. The molecule has 0 bridgehead atoms. The number of carbonyl (C=O) groups is 1. The van der Waals surface area contributed by atoms with Gasteiger partial charge in [0.05, 0.1) is 11.4 Å². The first-order chi connectivity index (χ1) is 12.1. The van der Waals surface area contributed by atoms with Gasteiger partial charge in [0, 0.05) is 56.4 Å². The Bertz CT molecular complexity index is 911. The highest BCUT2D eigenvalue weighted by Gasteiger charge is 2.26. The number of urea groups is 1. The maximum Gasteiger partial charge on any atom is 0.321 e. The number of pyridine rings is 1. The Hall–Kier alpha value is -2.83. The van der Waals surface area contributed by atoms with E-state index in [1.165, 1.54) is 0 Å². The molecule has 1 aliphatic rings. The molecule has 4 rings (SSSR count).